The van der Waals surface area contributed by atoms with Crippen molar-refractivity contribution < 1.29 is 13.2 Å². The van der Waals surface area contributed by atoms with Crippen molar-refractivity contribution in [2.75, 3.05) is 37.0 Å². The maximum absolute atomic E-state index is 11.7. The molecule has 38 heavy (non-hydrogen) atoms. The number of rotatable bonds is 6. The van der Waals surface area contributed by atoms with Crippen molar-refractivity contribution >= 4 is 55.3 Å². The van der Waals surface area contributed by atoms with Crippen molar-refractivity contribution in [2.45, 2.75) is 6.54 Å². The summed E-state index contributed by atoms with van der Waals surface area (Å²) in [6.07, 6.45) is 1.54. The van der Waals surface area contributed by atoms with Gasteiger partial charge in [-0.05, 0) is 28.8 Å². The summed E-state index contributed by atoms with van der Waals surface area (Å²) < 4.78 is 28.7. The summed E-state index contributed by atoms with van der Waals surface area (Å²) in [5.74, 6) is 0.903. The van der Waals surface area contributed by atoms with Crippen LogP contribution in [0.15, 0.2) is 60.8 Å². The number of sulfone groups is 1. The topological polar surface area (TPSA) is 95.3 Å². The van der Waals surface area contributed by atoms with Gasteiger partial charge in [0, 0.05) is 37.3 Å². The van der Waals surface area contributed by atoms with Crippen LogP contribution in [-0.4, -0.2) is 50.0 Å². The molecule has 1 aliphatic heterocycles. The second-order valence-electron chi connectivity index (χ2n) is 9.11. The third-order valence-electron chi connectivity index (χ3n) is 6.62. The minimum Gasteiger partial charge on any atom is -0.495 e. The van der Waals surface area contributed by atoms with Crippen LogP contribution in [0.3, 0.4) is 0 Å². The lowest BCUT2D eigenvalue weighted by atomic mass is 10.0. The normalized spacial score (nSPS) is 15.2. The van der Waals surface area contributed by atoms with Gasteiger partial charge in [0.1, 0.15) is 11.8 Å². The van der Waals surface area contributed by atoms with Crippen molar-refractivity contribution in [3.63, 3.8) is 0 Å². The molecule has 0 spiro atoms. The molecule has 5 rings (SSSR count). The zero-order valence-corrected chi connectivity index (χ0v) is 22.9. The van der Waals surface area contributed by atoms with Gasteiger partial charge in [0.2, 0.25) is 0 Å². The van der Waals surface area contributed by atoms with Crippen LogP contribution in [0, 0.1) is 11.3 Å². The van der Waals surface area contributed by atoms with Gasteiger partial charge >= 0.3 is 0 Å². The van der Waals surface area contributed by atoms with Crippen molar-refractivity contribution in [1.82, 2.24) is 9.88 Å². The molecular weight excluding hydrogens is 543 g/mol. The molecule has 194 valence electrons. The Balaban J connectivity index is 1.41. The largest absolute Gasteiger partial charge is 0.495 e. The van der Waals surface area contributed by atoms with E-state index in [1.54, 1.807) is 12.1 Å². The second kappa shape index (κ2) is 10.8. The van der Waals surface area contributed by atoms with Crippen LogP contribution in [0.5, 0.6) is 5.75 Å². The lowest BCUT2D eigenvalue weighted by Gasteiger charge is -2.26. The number of fused-ring (bicyclic) bond motifs is 1. The highest BCUT2D eigenvalue weighted by Gasteiger charge is 2.21. The zero-order chi connectivity index (χ0) is 26.9. The quantitative estimate of drug-likeness (QED) is 0.303. The number of hydrogen-bond acceptors (Lipinski definition) is 7. The van der Waals surface area contributed by atoms with E-state index < -0.39 is 9.84 Å². The number of nitrogens with one attached hydrogen (secondary N) is 1. The summed E-state index contributed by atoms with van der Waals surface area (Å²) in [6, 6.07) is 19.6. The number of aromatic nitrogens is 1. The van der Waals surface area contributed by atoms with Crippen LogP contribution in [-0.2, 0) is 16.4 Å². The van der Waals surface area contributed by atoms with E-state index >= 15 is 0 Å². The van der Waals surface area contributed by atoms with Crippen LogP contribution in [0.4, 0.5) is 11.4 Å². The first-order valence-corrected chi connectivity index (χ1v) is 14.5. The predicted molar refractivity (Wildman–Crippen MR) is 152 cm³/mol. The van der Waals surface area contributed by atoms with E-state index in [0.717, 1.165) is 34.1 Å². The molecule has 3 aromatic carbocycles. The van der Waals surface area contributed by atoms with Crippen LogP contribution in [0.25, 0.3) is 22.0 Å². The molecule has 0 aliphatic carbocycles. The Morgan fingerprint density at radius 1 is 1.03 bits per heavy atom. The number of benzene rings is 3. The Bertz CT molecular complexity index is 1650. The van der Waals surface area contributed by atoms with Gasteiger partial charge in [-0.1, -0.05) is 59.6 Å². The van der Waals surface area contributed by atoms with E-state index in [1.165, 1.54) is 13.3 Å². The number of ether oxygens (including phenoxy) is 1. The number of nitrogens with zero attached hydrogens (tertiary/aromatic N) is 3. The second-order valence-corrected chi connectivity index (χ2v) is 12.2. The molecule has 1 aliphatic rings. The molecule has 4 aromatic rings. The van der Waals surface area contributed by atoms with Crippen molar-refractivity contribution in [3.8, 4) is 22.9 Å². The van der Waals surface area contributed by atoms with Gasteiger partial charge in [0.05, 0.1) is 51.1 Å². The number of hydrogen-bond donors (Lipinski definition) is 1. The average Bonchev–Trinajstić information content (AvgIpc) is 2.91. The Kier molecular flexibility index (Phi) is 7.46. The summed E-state index contributed by atoms with van der Waals surface area (Å²) in [6.45, 7) is 1.85. The molecule has 0 saturated carbocycles. The van der Waals surface area contributed by atoms with Crippen LogP contribution < -0.4 is 10.1 Å². The number of halogens is 2. The molecule has 0 radical (unpaired) electrons. The Morgan fingerprint density at radius 3 is 2.42 bits per heavy atom. The van der Waals surface area contributed by atoms with Gasteiger partial charge in [0.15, 0.2) is 9.84 Å². The highest BCUT2D eigenvalue weighted by Crippen LogP contribution is 2.38. The maximum atomic E-state index is 11.7. The number of nitriles is 1. The number of methoxy groups -OCH3 is 1. The minimum atomic E-state index is -2.89. The Labute approximate surface area is 231 Å². The molecule has 7 nitrogen and oxygen atoms in total. The summed E-state index contributed by atoms with van der Waals surface area (Å²) in [4.78, 5) is 6.69. The molecule has 10 heteroatoms. The average molecular weight is 567 g/mol. The van der Waals surface area contributed by atoms with E-state index in [9.17, 15) is 13.7 Å². The first-order valence-electron chi connectivity index (χ1n) is 11.9. The van der Waals surface area contributed by atoms with E-state index in [1.807, 2.05) is 18.2 Å². The van der Waals surface area contributed by atoms with Gasteiger partial charge in [0.25, 0.3) is 0 Å². The molecule has 0 bridgehead atoms. The zero-order valence-electron chi connectivity index (χ0n) is 20.5. The van der Waals surface area contributed by atoms with Gasteiger partial charge in [-0.3, -0.25) is 9.88 Å². The summed E-state index contributed by atoms with van der Waals surface area (Å²) >= 11 is 12.6. The molecule has 0 amide bonds. The fourth-order valence-electron chi connectivity index (χ4n) is 4.48. The van der Waals surface area contributed by atoms with Gasteiger partial charge < -0.3 is 10.1 Å². The van der Waals surface area contributed by atoms with Gasteiger partial charge in [-0.2, -0.15) is 5.26 Å². The highest BCUT2D eigenvalue weighted by atomic mass is 35.5. The Morgan fingerprint density at radius 2 is 1.74 bits per heavy atom. The lowest BCUT2D eigenvalue weighted by Crippen LogP contribution is -2.39. The van der Waals surface area contributed by atoms with Gasteiger partial charge in [-0.15, -0.1) is 0 Å². The number of pyridine rings is 1. The molecule has 1 saturated heterocycles. The first kappa shape index (κ1) is 26.3. The van der Waals surface area contributed by atoms with Crippen molar-refractivity contribution in [2.24, 2.45) is 0 Å². The van der Waals surface area contributed by atoms with E-state index in [-0.39, 0.29) is 11.5 Å². The smallest absolute Gasteiger partial charge is 0.152 e. The van der Waals surface area contributed by atoms with Crippen LogP contribution >= 0.6 is 23.2 Å². The molecule has 0 atom stereocenters. The van der Waals surface area contributed by atoms with Crippen molar-refractivity contribution in [3.05, 3.63) is 82.0 Å². The standard InChI is InChI=1S/C28H24Cl2N4O3S/c1-37-27-14-26(23(29)13-24(27)30)33-28-21(15-31)16-32-25-12-20(6-7-22(25)28)19-4-2-18(3-5-19)17-34-8-10-38(35,36)11-9-34/h2-7,12-14,16H,8-11,17H2,1H3,(H,32,33). The predicted octanol–water partition coefficient (Wildman–Crippen LogP) is 6.06. The van der Waals surface area contributed by atoms with E-state index in [2.05, 4.69) is 45.5 Å². The third-order valence-corrected chi connectivity index (χ3v) is 8.84. The van der Waals surface area contributed by atoms with Crippen LogP contribution in [0.1, 0.15) is 11.1 Å². The molecular formula is C28H24Cl2N4O3S. The maximum Gasteiger partial charge on any atom is 0.152 e. The summed E-state index contributed by atoms with van der Waals surface area (Å²) in [5.41, 5.74) is 5.40. The van der Waals surface area contributed by atoms with E-state index in [4.69, 9.17) is 27.9 Å². The molecule has 0 unspecified atom stereocenters. The molecule has 1 fully saturated rings. The fraction of sp³-hybridized carbons (Fsp3) is 0.214. The third kappa shape index (κ3) is 5.57. The van der Waals surface area contributed by atoms with E-state index in [0.29, 0.717) is 45.8 Å². The minimum absolute atomic E-state index is 0.220. The van der Waals surface area contributed by atoms with Gasteiger partial charge in [-0.25, -0.2) is 8.42 Å². The SMILES string of the molecule is COc1cc(Nc2c(C#N)cnc3cc(-c4ccc(CN5CCS(=O)(=O)CC5)cc4)ccc23)c(Cl)cc1Cl. The van der Waals surface area contributed by atoms with Crippen LogP contribution in [0.2, 0.25) is 10.0 Å². The fourth-order valence-corrected chi connectivity index (χ4v) is 6.26. The monoisotopic (exact) mass is 566 g/mol. The molecule has 1 aromatic heterocycles. The highest BCUT2D eigenvalue weighted by molar-refractivity contribution is 7.91. The van der Waals surface area contributed by atoms with Crippen molar-refractivity contribution in [1.29, 1.82) is 5.26 Å². The lowest BCUT2D eigenvalue weighted by molar-refractivity contribution is 0.287. The Hall–Kier alpha value is -3.35. The number of anilines is 2. The summed E-state index contributed by atoms with van der Waals surface area (Å²) in [7, 11) is -1.37. The first-order chi connectivity index (χ1) is 18.3. The summed E-state index contributed by atoms with van der Waals surface area (Å²) in [5, 5.41) is 14.6. The molecule has 2 heterocycles. The molecule has 1 N–H and O–H groups in total.